The molecule has 1 N–H and O–H groups in total. The summed E-state index contributed by atoms with van der Waals surface area (Å²) < 4.78 is 21.6. The lowest BCUT2D eigenvalue weighted by atomic mass is 10.2. The van der Waals surface area contributed by atoms with Gasteiger partial charge in [-0.3, -0.25) is 9.48 Å². The Morgan fingerprint density at radius 3 is 2.56 bits per heavy atom. The summed E-state index contributed by atoms with van der Waals surface area (Å²) in [7, 11) is 0. The average molecular weight is 524 g/mol. The highest BCUT2D eigenvalue weighted by molar-refractivity contribution is 9.10. The van der Waals surface area contributed by atoms with Gasteiger partial charge >= 0.3 is 5.82 Å². The van der Waals surface area contributed by atoms with Gasteiger partial charge in [-0.25, -0.2) is 4.39 Å². The molecular formula is C19H13BrClFN6O4. The molecule has 3 aromatic heterocycles. The molecular weight excluding hydrogens is 511 g/mol. The third-order valence-corrected chi connectivity index (χ3v) is 5.12. The highest BCUT2D eigenvalue weighted by atomic mass is 79.9. The maximum atomic E-state index is 13.0. The van der Waals surface area contributed by atoms with Crippen LogP contribution in [0.3, 0.4) is 0 Å². The lowest BCUT2D eigenvalue weighted by Crippen LogP contribution is -2.12. The van der Waals surface area contributed by atoms with Crippen molar-refractivity contribution in [2.45, 2.75) is 13.1 Å². The third kappa shape index (κ3) is 4.86. The maximum absolute atomic E-state index is 13.0. The number of hydrogen-bond donors (Lipinski definition) is 1. The van der Waals surface area contributed by atoms with E-state index in [0.717, 1.165) is 5.56 Å². The van der Waals surface area contributed by atoms with Gasteiger partial charge in [-0.2, -0.15) is 9.78 Å². The van der Waals surface area contributed by atoms with Crippen LogP contribution >= 0.6 is 27.5 Å². The smallest absolute Gasteiger partial charge is 0.404 e. The van der Waals surface area contributed by atoms with Gasteiger partial charge in [0.15, 0.2) is 11.6 Å². The summed E-state index contributed by atoms with van der Waals surface area (Å²) in [4.78, 5) is 22.8. The quantitative estimate of drug-likeness (QED) is 0.281. The van der Waals surface area contributed by atoms with E-state index in [-0.39, 0.29) is 39.3 Å². The molecule has 13 heteroatoms. The topological polar surface area (TPSA) is 121 Å². The first kappa shape index (κ1) is 21.7. The molecule has 0 aliphatic carbocycles. The Kier molecular flexibility index (Phi) is 6.06. The summed E-state index contributed by atoms with van der Waals surface area (Å²) in [6.07, 6.45) is 2.98. The molecule has 1 aromatic carbocycles. The van der Waals surface area contributed by atoms with E-state index in [1.54, 1.807) is 18.2 Å². The molecule has 1 amide bonds. The van der Waals surface area contributed by atoms with Gasteiger partial charge in [-0.05, 0) is 50.7 Å². The van der Waals surface area contributed by atoms with Crippen molar-refractivity contribution in [1.29, 1.82) is 0 Å². The minimum atomic E-state index is -0.611. The number of halogens is 3. The molecule has 0 bridgehead atoms. The van der Waals surface area contributed by atoms with Crippen LogP contribution in [0.1, 0.15) is 21.9 Å². The van der Waals surface area contributed by atoms with E-state index in [0.29, 0.717) is 12.3 Å². The van der Waals surface area contributed by atoms with Crippen molar-refractivity contribution in [3.63, 3.8) is 0 Å². The van der Waals surface area contributed by atoms with Crippen LogP contribution in [0.2, 0.25) is 5.02 Å². The zero-order valence-electron chi connectivity index (χ0n) is 16.0. The molecule has 4 aromatic rings. The Morgan fingerprint density at radius 1 is 1.16 bits per heavy atom. The standard InChI is InChI=1S/C19H13BrClFN6O4/c20-14-9-27(25-18(14)28(30)31)8-13-5-6-16(32-13)19(29)23-17-15(21)10-26(24-17)7-11-1-3-12(22)4-2-11/h1-6,9-10H,7-8H2,(H,23,24,29). The number of benzene rings is 1. The zero-order chi connectivity index (χ0) is 22.8. The summed E-state index contributed by atoms with van der Waals surface area (Å²) in [6.45, 7) is 0.430. The average Bonchev–Trinajstić information content (AvgIpc) is 3.44. The number of rotatable bonds is 7. The molecule has 0 aliphatic rings. The highest BCUT2D eigenvalue weighted by Crippen LogP contribution is 2.24. The Bertz CT molecular complexity index is 1300. The van der Waals surface area contributed by atoms with Gasteiger partial charge in [0.05, 0.1) is 17.8 Å². The molecule has 0 aliphatic heterocycles. The Balaban J connectivity index is 1.42. The Morgan fingerprint density at radius 2 is 1.88 bits per heavy atom. The number of nitrogens with one attached hydrogen (secondary N) is 1. The third-order valence-electron chi connectivity index (χ3n) is 4.28. The van der Waals surface area contributed by atoms with Crippen LogP contribution < -0.4 is 5.32 Å². The van der Waals surface area contributed by atoms with E-state index in [2.05, 4.69) is 31.4 Å². The second-order valence-electron chi connectivity index (χ2n) is 6.63. The number of aromatic nitrogens is 4. The van der Waals surface area contributed by atoms with Crippen LogP contribution in [0.5, 0.6) is 0 Å². The van der Waals surface area contributed by atoms with Gasteiger partial charge in [0.25, 0.3) is 5.91 Å². The summed E-state index contributed by atoms with van der Waals surface area (Å²) in [5, 5.41) is 21.8. The Labute approximate surface area is 192 Å². The number of nitrogens with zero attached hydrogens (tertiary/aromatic N) is 5. The minimum Gasteiger partial charge on any atom is -0.454 e. The summed E-state index contributed by atoms with van der Waals surface area (Å²) in [6, 6.07) is 8.96. The highest BCUT2D eigenvalue weighted by Gasteiger charge is 2.20. The minimum absolute atomic E-state index is 0.00451. The van der Waals surface area contributed by atoms with Gasteiger partial charge in [0.2, 0.25) is 0 Å². The second kappa shape index (κ2) is 8.93. The second-order valence-corrected chi connectivity index (χ2v) is 7.89. The van der Waals surface area contributed by atoms with E-state index in [9.17, 15) is 19.3 Å². The molecule has 10 nitrogen and oxygen atoms in total. The zero-order valence-corrected chi connectivity index (χ0v) is 18.4. The summed E-state index contributed by atoms with van der Waals surface area (Å²) >= 11 is 9.23. The molecule has 32 heavy (non-hydrogen) atoms. The SMILES string of the molecule is O=C(Nc1nn(Cc2ccc(F)cc2)cc1Cl)c1ccc(Cn2cc(Br)c([N+](=O)[O-])n2)o1. The first-order valence-corrected chi connectivity index (χ1v) is 10.2. The van der Waals surface area contributed by atoms with Gasteiger partial charge < -0.3 is 19.8 Å². The van der Waals surface area contributed by atoms with Gasteiger partial charge in [0.1, 0.15) is 27.6 Å². The van der Waals surface area contributed by atoms with Crippen LogP contribution in [0.15, 0.2) is 57.7 Å². The first-order chi connectivity index (χ1) is 15.3. The Hall–Kier alpha value is -3.51. The molecule has 0 radical (unpaired) electrons. The van der Waals surface area contributed by atoms with Gasteiger partial charge in [-0.1, -0.05) is 23.7 Å². The molecule has 0 atom stereocenters. The van der Waals surface area contributed by atoms with Crippen molar-refractivity contribution in [1.82, 2.24) is 19.6 Å². The normalized spacial score (nSPS) is 11.0. The van der Waals surface area contributed by atoms with Crippen molar-refractivity contribution < 1.29 is 18.5 Å². The summed E-state index contributed by atoms with van der Waals surface area (Å²) in [5.41, 5.74) is 0.810. The van der Waals surface area contributed by atoms with E-state index < -0.39 is 10.8 Å². The van der Waals surface area contributed by atoms with E-state index in [1.807, 2.05) is 0 Å². The molecule has 0 saturated heterocycles. The fraction of sp³-hybridized carbons (Fsp3) is 0.105. The van der Waals surface area contributed by atoms with Crippen LogP contribution in [-0.4, -0.2) is 30.4 Å². The molecule has 3 heterocycles. The molecule has 4 rings (SSSR count). The fourth-order valence-electron chi connectivity index (χ4n) is 2.84. The van der Waals surface area contributed by atoms with Crippen LogP contribution in [0.4, 0.5) is 16.0 Å². The number of hydrogen-bond acceptors (Lipinski definition) is 6. The maximum Gasteiger partial charge on any atom is 0.404 e. The molecule has 0 saturated carbocycles. The van der Waals surface area contributed by atoms with E-state index >= 15 is 0 Å². The lowest BCUT2D eigenvalue weighted by Gasteiger charge is -2.02. The molecule has 0 fully saturated rings. The van der Waals surface area contributed by atoms with Crippen LogP contribution in [0.25, 0.3) is 0 Å². The first-order valence-electron chi connectivity index (χ1n) is 9.03. The number of furan rings is 1. The van der Waals surface area contributed by atoms with Crippen molar-refractivity contribution >= 4 is 45.1 Å². The molecule has 0 spiro atoms. The number of carbonyl (C=O) groups excluding carboxylic acids is 1. The van der Waals surface area contributed by atoms with Crippen molar-refractivity contribution in [2.75, 3.05) is 5.32 Å². The van der Waals surface area contributed by atoms with E-state index in [1.165, 1.54) is 40.0 Å². The molecule has 0 unspecified atom stereocenters. The van der Waals surface area contributed by atoms with Gasteiger partial charge in [-0.15, -0.1) is 0 Å². The monoisotopic (exact) mass is 522 g/mol. The predicted octanol–water partition coefficient (Wildman–Crippen LogP) is 4.48. The van der Waals surface area contributed by atoms with Gasteiger partial charge in [0, 0.05) is 6.20 Å². The van der Waals surface area contributed by atoms with Crippen molar-refractivity contribution in [2.24, 2.45) is 0 Å². The largest absolute Gasteiger partial charge is 0.454 e. The lowest BCUT2D eigenvalue weighted by molar-refractivity contribution is -0.390. The van der Waals surface area contributed by atoms with Crippen LogP contribution in [-0.2, 0) is 13.1 Å². The predicted molar refractivity (Wildman–Crippen MR) is 115 cm³/mol. The summed E-state index contributed by atoms with van der Waals surface area (Å²) in [5.74, 6) is -0.712. The van der Waals surface area contributed by atoms with Crippen molar-refractivity contribution in [3.05, 3.63) is 91.3 Å². The fourth-order valence-corrected chi connectivity index (χ4v) is 3.50. The molecule has 164 valence electrons. The number of anilines is 1. The number of nitro groups is 1. The number of carbonyl (C=O) groups is 1. The van der Waals surface area contributed by atoms with Crippen LogP contribution in [0, 0.1) is 15.9 Å². The number of amides is 1. The van der Waals surface area contributed by atoms with Crippen molar-refractivity contribution in [3.8, 4) is 0 Å². The van der Waals surface area contributed by atoms with E-state index in [4.69, 9.17) is 16.0 Å².